The van der Waals surface area contributed by atoms with Crippen LogP contribution in [-0.4, -0.2) is 87.2 Å². The Morgan fingerprint density at radius 1 is 0.500 bits per heavy atom. The highest BCUT2D eigenvalue weighted by Crippen LogP contribution is 2.54. The van der Waals surface area contributed by atoms with Crippen molar-refractivity contribution in [2.75, 3.05) is 6.61 Å². The van der Waals surface area contributed by atoms with Crippen molar-refractivity contribution in [1.29, 1.82) is 0 Å². The zero-order valence-corrected chi connectivity index (χ0v) is 35.6. The third kappa shape index (κ3) is 16.3. The van der Waals surface area contributed by atoms with Crippen LogP contribution in [0, 0.1) is 0 Å². The number of ether oxygens (including phenoxy) is 1. The van der Waals surface area contributed by atoms with Gasteiger partial charge in [0.25, 0.3) is 0 Å². The monoisotopic (exact) mass is 692 g/mol. The molecule has 16 heteroatoms. The van der Waals surface area contributed by atoms with E-state index < -0.39 is 88.4 Å². The highest BCUT2D eigenvalue weighted by Gasteiger charge is 2.53. The highest BCUT2D eigenvalue weighted by atomic mass is 31.2. The standard InChI is InChI=1S/C24H61O9PSi6/c1-35(2,3)28-21-20(19-26-34(25,32-39(13,14)15)33-40(16,17)18)27-24(31-38(10,11)12)23(30-37(7,8)9)22(21)29-36(4,5)6/h20-24H,19H2,1-18H3/t20-,21-,22+,23+,24?/m1/s1. The van der Waals surface area contributed by atoms with Gasteiger partial charge in [-0.25, -0.2) is 4.57 Å². The number of hydrogen-bond donors (Lipinski definition) is 0. The van der Waals surface area contributed by atoms with Crippen molar-refractivity contribution >= 4 is 57.7 Å². The molecule has 40 heavy (non-hydrogen) atoms. The molecule has 1 aliphatic heterocycles. The summed E-state index contributed by atoms with van der Waals surface area (Å²) < 4.78 is 66.0. The number of rotatable bonds is 15. The quantitative estimate of drug-likeness (QED) is 0.125. The third-order valence-corrected chi connectivity index (χ3v) is 15.2. The summed E-state index contributed by atoms with van der Waals surface area (Å²) in [5.41, 5.74) is 0. The van der Waals surface area contributed by atoms with Crippen LogP contribution in [0.15, 0.2) is 0 Å². The Kier molecular flexibility index (Phi) is 13.4. The van der Waals surface area contributed by atoms with Crippen LogP contribution in [0.5, 0.6) is 0 Å². The van der Waals surface area contributed by atoms with E-state index in [0.29, 0.717) is 0 Å². The van der Waals surface area contributed by atoms with Gasteiger partial charge < -0.3 is 30.9 Å². The number of hydrogen-bond acceptors (Lipinski definition) is 9. The molecule has 9 nitrogen and oxygen atoms in total. The smallest absolute Gasteiger partial charge is 0.409 e. The molecule has 0 bridgehead atoms. The van der Waals surface area contributed by atoms with Gasteiger partial charge in [-0.2, -0.15) is 0 Å². The lowest BCUT2D eigenvalue weighted by Crippen LogP contribution is -2.67. The van der Waals surface area contributed by atoms with Crippen molar-refractivity contribution < 1.29 is 40.0 Å². The lowest BCUT2D eigenvalue weighted by atomic mass is 9.99. The van der Waals surface area contributed by atoms with Crippen molar-refractivity contribution in [3.63, 3.8) is 0 Å². The lowest BCUT2D eigenvalue weighted by molar-refractivity contribution is -0.268. The maximum absolute atomic E-state index is 14.0. The molecular formula is C24H61O9PSi6. The first-order valence-corrected chi connectivity index (χ1v) is 36.3. The van der Waals surface area contributed by atoms with Gasteiger partial charge >= 0.3 is 7.82 Å². The first-order chi connectivity index (χ1) is 17.4. The van der Waals surface area contributed by atoms with Gasteiger partial charge in [0.05, 0.1) is 6.61 Å². The summed E-state index contributed by atoms with van der Waals surface area (Å²) in [6.45, 7) is 37.6. The highest BCUT2D eigenvalue weighted by molar-refractivity contribution is 7.52. The van der Waals surface area contributed by atoms with Crippen molar-refractivity contribution in [2.45, 2.75) is 149 Å². The summed E-state index contributed by atoms with van der Waals surface area (Å²) >= 11 is 0. The Bertz CT molecular complexity index is 834. The molecule has 0 saturated carbocycles. The molecule has 0 N–H and O–H groups in total. The minimum absolute atomic E-state index is 0.0435. The maximum atomic E-state index is 14.0. The number of phosphoric acid groups is 1. The van der Waals surface area contributed by atoms with Crippen LogP contribution in [0.1, 0.15) is 0 Å². The van der Waals surface area contributed by atoms with Crippen LogP contribution >= 0.6 is 7.82 Å². The minimum atomic E-state index is -3.87. The second-order valence-electron chi connectivity index (χ2n) is 16.5. The second kappa shape index (κ2) is 13.7. The van der Waals surface area contributed by atoms with Gasteiger partial charge in [-0.1, -0.05) is 0 Å². The van der Waals surface area contributed by atoms with Crippen molar-refractivity contribution in [3.05, 3.63) is 0 Å². The van der Waals surface area contributed by atoms with Crippen molar-refractivity contribution in [1.82, 2.24) is 0 Å². The van der Waals surface area contributed by atoms with E-state index in [9.17, 15) is 4.57 Å². The van der Waals surface area contributed by atoms with E-state index in [4.69, 9.17) is 35.4 Å². The average Bonchev–Trinajstić information content (AvgIpc) is 2.57. The van der Waals surface area contributed by atoms with Crippen molar-refractivity contribution in [2.24, 2.45) is 0 Å². The molecule has 1 heterocycles. The topological polar surface area (TPSA) is 90.9 Å². The SMILES string of the molecule is C[Si](C)(C)OC1O[C@H](COP(=O)(O[Si](C)(C)C)O[Si](C)(C)C)[C@@H](O[Si](C)(C)C)[C@H](O[Si](C)(C)C)[C@@H]1O[Si](C)(C)C. The molecule has 240 valence electrons. The summed E-state index contributed by atoms with van der Waals surface area (Å²) in [7, 11) is -16.7. The summed E-state index contributed by atoms with van der Waals surface area (Å²) in [4.78, 5) is 0. The van der Waals surface area contributed by atoms with Gasteiger partial charge in [-0.05, 0) is 118 Å². The Labute approximate surface area is 252 Å². The van der Waals surface area contributed by atoms with Gasteiger partial charge in [0.15, 0.2) is 56.2 Å². The van der Waals surface area contributed by atoms with Crippen LogP contribution in [0.4, 0.5) is 0 Å². The molecule has 0 spiro atoms. The Balaban J connectivity index is 3.64. The molecule has 1 fully saturated rings. The third-order valence-electron chi connectivity index (χ3n) is 4.70. The van der Waals surface area contributed by atoms with E-state index in [0.717, 1.165) is 0 Å². The molecule has 1 saturated heterocycles. The zero-order valence-electron chi connectivity index (χ0n) is 28.7. The normalized spacial score (nSPS) is 26.3. The molecule has 0 aromatic heterocycles. The predicted octanol–water partition coefficient (Wildman–Crippen LogP) is 8.05. The van der Waals surface area contributed by atoms with Gasteiger partial charge in [0.2, 0.25) is 0 Å². The van der Waals surface area contributed by atoms with E-state index in [1.54, 1.807) is 0 Å². The van der Waals surface area contributed by atoms with E-state index in [1.165, 1.54) is 0 Å². The molecule has 0 aliphatic carbocycles. The van der Waals surface area contributed by atoms with E-state index in [-0.39, 0.29) is 6.61 Å². The Morgan fingerprint density at radius 3 is 1.20 bits per heavy atom. The minimum Gasteiger partial charge on any atom is -0.409 e. The first-order valence-electron chi connectivity index (χ1n) is 14.4. The maximum Gasteiger partial charge on any atom is 0.455 e. The summed E-state index contributed by atoms with van der Waals surface area (Å²) in [5.74, 6) is 0. The van der Waals surface area contributed by atoms with Gasteiger partial charge in [0.1, 0.15) is 24.4 Å². The van der Waals surface area contributed by atoms with E-state index >= 15 is 0 Å². The van der Waals surface area contributed by atoms with Crippen LogP contribution < -0.4 is 0 Å². The Morgan fingerprint density at radius 2 is 0.850 bits per heavy atom. The fourth-order valence-electron chi connectivity index (χ4n) is 3.99. The zero-order chi connectivity index (χ0) is 31.8. The van der Waals surface area contributed by atoms with Crippen LogP contribution in [0.2, 0.25) is 118 Å². The fraction of sp³-hybridized carbons (Fsp3) is 1.00. The van der Waals surface area contributed by atoms with Crippen molar-refractivity contribution in [3.8, 4) is 0 Å². The molecule has 0 radical (unpaired) electrons. The molecule has 0 aromatic rings. The molecule has 1 rings (SSSR count). The molecule has 0 aromatic carbocycles. The van der Waals surface area contributed by atoms with E-state index in [2.05, 4.69) is 78.6 Å². The van der Waals surface area contributed by atoms with Crippen LogP contribution in [0.25, 0.3) is 0 Å². The van der Waals surface area contributed by atoms with Crippen LogP contribution in [0.3, 0.4) is 0 Å². The van der Waals surface area contributed by atoms with Gasteiger partial charge in [-0.15, -0.1) is 0 Å². The molecule has 1 aliphatic rings. The largest absolute Gasteiger partial charge is 0.455 e. The average molecular weight is 693 g/mol. The molecular weight excluding hydrogens is 632 g/mol. The fourth-order valence-corrected chi connectivity index (χ4v) is 14.7. The Hall–Kier alpha value is 1.21. The lowest BCUT2D eigenvalue weighted by Gasteiger charge is -2.51. The molecule has 0 amide bonds. The van der Waals surface area contributed by atoms with Gasteiger partial charge in [0, 0.05) is 0 Å². The molecule has 5 atom stereocenters. The van der Waals surface area contributed by atoms with Crippen LogP contribution in [-0.2, 0) is 40.0 Å². The summed E-state index contributed by atoms with van der Waals surface area (Å²) in [6, 6.07) is 0. The summed E-state index contributed by atoms with van der Waals surface area (Å²) in [6.07, 6.45) is -2.71. The molecule has 1 unspecified atom stereocenters. The first kappa shape index (κ1) is 39.2. The van der Waals surface area contributed by atoms with Gasteiger partial charge in [-0.3, -0.25) is 4.52 Å². The predicted molar refractivity (Wildman–Crippen MR) is 180 cm³/mol. The second-order valence-corrected chi connectivity index (χ2v) is 45.4. The summed E-state index contributed by atoms with van der Waals surface area (Å²) in [5, 5.41) is 0. The van der Waals surface area contributed by atoms with E-state index in [1.807, 2.05) is 39.3 Å².